The lowest BCUT2D eigenvalue weighted by Crippen LogP contribution is -2.27. The third-order valence-electron chi connectivity index (χ3n) is 2.71. The smallest absolute Gasteiger partial charge is 0.309 e. The summed E-state index contributed by atoms with van der Waals surface area (Å²) in [5, 5.41) is 18.1. The van der Waals surface area contributed by atoms with Crippen molar-refractivity contribution in [3.05, 3.63) is 0 Å². The van der Waals surface area contributed by atoms with Crippen LogP contribution in [-0.4, -0.2) is 22.3 Å². The van der Waals surface area contributed by atoms with E-state index in [-0.39, 0.29) is 0 Å². The number of rotatable bonds is 2. The Labute approximate surface area is 66.0 Å². The minimum absolute atomic E-state index is 0.397. The van der Waals surface area contributed by atoms with Crippen molar-refractivity contribution in [1.29, 1.82) is 0 Å². The highest BCUT2D eigenvalue weighted by Gasteiger charge is 2.43. The van der Waals surface area contributed by atoms with Crippen molar-refractivity contribution in [2.75, 3.05) is 0 Å². The summed E-state index contributed by atoms with van der Waals surface area (Å²) in [6, 6.07) is 0. The third-order valence-corrected chi connectivity index (χ3v) is 2.71. The van der Waals surface area contributed by atoms with Crippen molar-refractivity contribution in [3.63, 3.8) is 0 Å². The van der Waals surface area contributed by atoms with Gasteiger partial charge in [0.2, 0.25) is 0 Å². The van der Waals surface area contributed by atoms with Crippen LogP contribution in [0.15, 0.2) is 0 Å². The molecule has 1 rings (SSSR count). The van der Waals surface area contributed by atoms with Gasteiger partial charge in [0.1, 0.15) is 0 Å². The minimum Gasteiger partial charge on any atom is -0.481 e. The van der Waals surface area contributed by atoms with E-state index in [1.807, 2.05) is 6.92 Å². The second kappa shape index (κ2) is 2.81. The van der Waals surface area contributed by atoms with E-state index in [2.05, 4.69) is 0 Å². The molecule has 1 saturated carbocycles. The van der Waals surface area contributed by atoms with E-state index in [0.717, 1.165) is 0 Å². The molecule has 1 aliphatic carbocycles. The molecule has 0 aromatic rings. The normalized spacial score (nSPS) is 37.5. The first kappa shape index (κ1) is 8.53. The Morgan fingerprint density at radius 1 is 1.73 bits per heavy atom. The van der Waals surface area contributed by atoms with Gasteiger partial charge in [-0.2, -0.15) is 0 Å². The van der Waals surface area contributed by atoms with Crippen LogP contribution in [-0.2, 0) is 4.79 Å². The Bertz CT molecular complexity index is 167. The summed E-state index contributed by atoms with van der Waals surface area (Å²) in [6.07, 6.45) is 1.92. The van der Waals surface area contributed by atoms with Crippen LogP contribution in [0, 0.1) is 5.41 Å². The molecule has 11 heavy (non-hydrogen) atoms. The Kier molecular flexibility index (Phi) is 2.18. The predicted molar refractivity (Wildman–Crippen MR) is 40.2 cm³/mol. The first-order valence-corrected chi connectivity index (χ1v) is 4.02. The van der Waals surface area contributed by atoms with Crippen molar-refractivity contribution in [2.24, 2.45) is 5.41 Å². The largest absolute Gasteiger partial charge is 0.481 e. The van der Waals surface area contributed by atoms with E-state index in [1.54, 1.807) is 0 Å². The average molecular weight is 158 g/mol. The van der Waals surface area contributed by atoms with Gasteiger partial charge in [0.25, 0.3) is 0 Å². The molecule has 0 aromatic carbocycles. The number of aliphatic carboxylic acids is 1. The molecule has 2 atom stereocenters. The van der Waals surface area contributed by atoms with Crippen LogP contribution in [0.4, 0.5) is 0 Å². The van der Waals surface area contributed by atoms with Gasteiger partial charge in [0.15, 0.2) is 0 Å². The summed E-state index contributed by atoms with van der Waals surface area (Å²) < 4.78 is 0. The molecule has 0 amide bonds. The van der Waals surface area contributed by atoms with Gasteiger partial charge >= 0.3 is 5.97 Å². The molecule has 0 saturated heterocycles. The van der Waals surface area contributed by atoms with Crippen molar-refractivity contribution in [2.45, 2.75) is 38.7 Å². The maximum absolute atomic E-state index is 10.8. The molecule has 1 aliphatic rings. The summed E-state index contributed by atoms with van der Waals surface area (Å²) in [6.45, 7) is 1.87. The molecule has 0 aliphatic heterocycles. The molecule has 2 N–H and O–H groups in total. The van der Waals surface area contributed by atoms with Gasteiger partial charge < -0.3 is 10.2 Å². The van der Waals surface area contributed by atoms with Crippen LogP contribution in [0.3, 0.4) is 0 Å². The van der Waals surface area contributed by atoms with Crippen LogP contribution < -0.4 is 0 Å². The van der Waals surface area contributed by atoms with Crippen LogP contribution in [0.2, 0.25) is 0 Å². The number of aliphatic hydroxyl groups is 1. The number of aliphatic hydroxyl groups excluding tert-OH is 1. The maximum atomic E-state index is 10.8. The Balaban J connectivity index is 2.70. The number of hydrogen-bond donors (Lipinski definition) is 2. The molecule has 0 heterocycles. The highest BCUT2D eigenvalue weighted by Crippen LogP contribution is 2.41. The Morgan fingerprint density at radius 3 is 2.55 bits per heavy atom. The fraction of sp³-hybridized carbons (Fsp3) is 0.875. The predicted octanol–water partition coefficient (Wildman–Crippen LogP) is 1.01. The standard InChI is InChI=1S/C8H14O3/c1-2-8(7(10)11)4-3-6(9)5-8/h6,9H,2-5H2,1H3,(H,10,11)/t6-,8+/m0/s1. The molecular weight excluding hydrogens is 144 g/mol. The first-order valence-electron chi connectivity index (χ1n) is 4.02. The van der Waals surface area contributed by atoms with E-state index >= 15 is 0 Å². The number of carboxylic acid groups (broad SMARTS) is 1. The van der Waals surface area contributed by atoms with Crippen molar-refractivity contribution in [1.82, 2.24) is 0 Å². The van der Waals surface area contributed by atoms with E-state index in [0.29, 0.717) is 25.7 Å². The van der Waals surface area contributed by atoms with Gasteiger partial charge in [-0.3, -0.25) is 4.79 Å². The first-order chi connectivity index (χ1) is 5.10. The van der Waals surface area contributed by atoms with Crippen LogP contribution in [0.5, 0.6) is 0 Å². The molecule has 3 nitrogen and oxygen atoms in total. The summed E-state index contributed by atoms with van der Waals surface area (Å²) in [7, 11) is 0. The second-order valence-corrected chi connectivity index (χ2v) is 3.34. The van der Waals surface area contributed by atoms with Crippen LogP contribution in [0.25, 0.3) is 0 Å². The van der Waals surface area contributed by atoms with E-state index in [4.69, 9.17) is 5.11 Å². The van der Waals surface area contributed by atoms with E-state index in [9.17, 15) is 9.90 Å². The lowest BCUT2D eigenvalue weighted by atomic mass is 9.83. The van der Waals surface area contributed by atoms with Gasteiger partial charge in [-0.1, -0.05) is 6.92 Å². The van der Waals surface area contributed by atoms with Crippen molar-refractivity contribution in [3.8, 4) is 0 Å². The summed E-state index contributed by atoms with van der Waals surface area (Å²) >= 11 is 0. The molecule has 0 radical (unpaired) electrons. The quantitative estimate of drug-likeness (QED) is 0.630. The maximum Gasteiger partial charge on any atom is 0.309 e. The number of carboxylic acids is 1. The molecule has 0 spiro atoms. The van der Waals surface area contributed by atoms with Gasteiger partial charge in [-0.05, 0) is 25.7 Å². The molecule has 0 unspecified atom stereocenters. The SMILES string of the molecule is CC[C@@]1(C(=O)O)CC[C@H](O)C1. The van der Waals surface area contributed by atoms with Gasteiger partial charge in [0, 0.05) is 0 Å². The molecular formula is C8H14O3. The highest BCUT2D eigenvalue weighted by molar-refractivity contribution is 5.75. The Hall–Kier alpha value is -0.570. The minimum atomic E-state index is -0.753. The van der Waals surface area contributed by atoms with Gasteiger partial charge in [0.05, 0.1) is 11.5 Å². The second-order valence-electron chi connectivity index (χ2n) is 3.34. The van der Waals surface area contributed by atoms with Crippen molar-refractivity contribution >= 4 is 5.97 Å². The summed E-state index contributed by atoms with van der Waals surface area (Å²) in [4.78, 5) is 10.8. The molecule has 0 bridgehead atoms. The zero-order valence-electron chi connectivity index (χ0n) is 6.71. The fourth-order valence-corrected chi connectivity index (χ4v) is 1.76. The summed E-state index contributed by atoms with van der Waals surface area (Å²) in [5.74, 6) is -0.753. The number of carbonyl (C=O) groups is 1. The van der Waals surface area contributed by atoms with E-state index in [1.165, 1.54) is 0 Å². The molecule has 0 aromatic heterocycles. The van der Waals surface area contributed by atoms with Gasteiger partial charge in [-0.25, -0.2) is 0 Å². The fourth-order valence-electron chi connectivity index (χ4n) is 1.76. The monoisotopic (exact) mass is 158 g/mol. The topological polar surface area (TPSA) is 57.5 Å². The third kappa shape index (κ3) is 1.38. The van der Waals surface area contributed by atoms with Gasteiger partial charge in [-0.15, -0.1) is 0 Å². The highest BCUT2D eigenvalue weighted by atomic mass is 16.4. The zero-order chi connectivity index (χ0) is 8.48. The molecule has 64 valence electrons. The van der Waals surface area contributed by atoms with Crippen LogP contribution in [0.1, 0.15) is 32.6 Å². The zero-order valence-corrected chi connectivity index (χ0v) is 6.71. The van der Waals surface area contributed by atoms with E-state index < -0.39 is 17.5 Å². The molecule has 3 heteroatoms. The summed E-state index contributed by atoms with van der Waals surface area (Å²) in [5.41, 5.74) is -0.626. The molecule has 1 fully saturated rings. The van der Waals surface area contributed by atoms with Crippen molar-refractivity contribution < 1.29 is 15.0 Å². The van der Waals surface area contributed by atoms with Crippen LogP contribution >= 0.6 is 0 Å². The lowest BCUT2D eigenvalue weighted by molar-refractivity contribution is -0.149. The Morgan fingerprint density at radius 2 is 2.36 bits per heavy atom. The lowest BCUT2D eigenvalue weighted by Gasteiger charge is -2.20. The number of hydrogen-bond acceptors (Lipinski definition) is 2. The average Bonchev–Trinajstić information content (AvgIpc) is 2.33.